The molecule has 0 aliphatic rings. The first-order valence-electron chi connectivity index (χ1n) is 7.96. The number of para-hydroxylation sites is 1. The Morgan fingerprint density at radius 3 is 2.42 bits per heavy atom. The van der Waals surface area contributed by atoms with Crippen LogP contribution in [0.25, 0.3) is 0 Å². The lowest BCUT2D eigenvalue weighted by atomic mass is 10.2. The van der Waals surface area contributed by atoms with Gasteiger partial charge in [-0.15, -0.1) is 0 Å². The highest BCUT2D eigenvalue weighted by Crippen LogP contribution is 2.27. The van der Waals surface area contributed by atoms with Crippen molar-refractivity contribution in [3.63, 3.8) is 0 Å². The van der Waals surface area contributed by atoms with Gasteiger partial charge in [-0.05, 0) is 47.1 Å². The summed E-state index contributed by atoms with van der Waals surface area (Å²) in [5, 5.41) is 2.67. The van der Waals surface area contributed by atoms with Crippen LogP contribution >= 0.6 is 15.9 Å². The summed E-state index contributed by atoms with van der Waals surface area (Å²) in [6, 6.07) is 14.4. The number of halogens is 1. The number of hydrogen-bond donors (Lipinski definition) is 1. The molecule has 8 heteroatoms. The first kappa shape index (κ1) is 20.3. The lowest BCUT2D eigenvalue weighted by Crippen LogP contribution is -2.41. The Kier molecular flexibility index (Phi) is 7.05. The number of nitrogens with one attached hydrogen (secondary N) is 1. The first-order chi connectivity index (χ1) is 12.3. The smallest absolute Gasteiger partial charge is 0.240 e. The highest BCUT2D eigenvalue weighted by atomic mass is 79.9. The zero-order valence-corrected chi connectivity index (χ0v) is 17.0. The predicted molar refractivity (Wildman–Crippen MR) is 106 cm³/mol. The minimum atomic E-state index is -3.60. The van der Waals surface area contributed by atoms with E-state index in [-0.39, 0.29) is 13.1 Å². The normalized spacial score (nSPS) is 11.0. The van der Waals surface area contributed by atoms with Crippen molar-refractivity contribution >= 4 is 37.5 Å². The van der Waals surface area contributed by atoms with Crippen molar-refractivity contribution in [1.82, 2.24) is 5.32 Å². The number of anilines is 1. The molecule has 0 bridgehead atoms. The van der Waals surface area contributed by atoms with Gasteiger partial charge in [-0.25, -0.2) is 8.42 Å². The Balaban J connectivity index is 1.89. The van der Waals surface area contributed by atoms with E-state index >= 15 is 0 Å². The van der Waals surface area contributed by atoms with Crippen LogP contribution in [0.15, 0.2) is 53.0 Å². The maximum atomic E-state index is 12.2. The Bertz CT molecular complexity index is 854. The number of sulfonamides is 1. The van der Waals surface area contributed by atoms with Crippen LogP contribution in [0.5, 0.6) is 5.75 Å². The van der Waals surface area contributed by atoms with Gasteiger partial charge in [-0.2, -0.15) is 0 Å². The number of carbonyl (C=O) groups excluding carboxylic acids is 1. The van der Waals surface area contributed by atoms with Crippen LogP contribution in [-0.4, -0.2) is 40.3 Å². The molecule has 140 valence electrons. The standard InChI is InChI=1S/C18H21BrN2O4S/c1-14-7-9-15(10-8-14)25-12-11-20-18(22)13-21(26(2,23)24)17-6-4-3-5-16(17)19/h3-10H,11-13H2,1-2H3,(H,20,22). The van der Waals surface area contributed by atoms with Gasteiger partial charge in [0.15, 0.2) is 0 Å². The van der Waals surface area contributed by atoms with Crippen LogP contribution in [-0.2, 0) is 14.8 Å². The average Bonchev–Trinajstić information content (AvgIpc) is 2.58. The number of hydrogen-bond acceptors (Lipinski definition) is 4. The largest absolute Gasteiger partial charge is 0.492 e. The maximum absolute atomic E-state index is 12.2. The van der Waals surface area contributed by atoms with Crippen molar-refractivity contribution in [2.75, 3.05) is 30.3 Å². The van der Waals surface area contributed by atoms with E-state index in [2.05, 4.69) is 21.2 Å². The van der Waals surface area contributed by atoms with Gasteiger partial charge in [0.1, 0.15) is 18.9 Å². The van der Waals surface area contributed by atoms with Gasteiger partial charge in [0, 0.05) is 4.47 Å². The van der Waals surface area contributed by atoms with E-state index in [9.17, 15) is 13.2 Å². The van der Waals surface area contributed by atoms with Gasteiger partial charge >= 0.3 is 0 Å². The first-order valence-corrected chi connectivity index (χ1v) is 10.6. The molecule has 0 aliphatic carbocycles. The summed E-state index contributed by atoms with van der Waals surface area (Å²) in [6.07, 6.45) is 1.07. The molecule has 0 fully saturated rings. The highest BCUT2D eigenvalue weighted by Gasteiger charge is 2.22. The summed E-state index contributed by atoms with van der Waals surface area (Å²) in [5.74, 6) is 0.314. The Hall–Kier alpha value is -2.06. The van der Waals surface area contributed by atoms with Gasteiger partial charge in [0.2, 0.25) is 15.9 Å². The van der Waals surface area contributed by atoms with Crippen molar-refractivity contribution in [2.24, 2.45) is 0 Å². The van der Waals surface area contributed by atoms with Crippen LogP contribution in [0, 0.1) is 6.92 Å². The lowest BCUT2D eigenvalue weighted by molar-refractivity contribution is -0.119. The molecule has 6 nitrogen and oxygen atoms in total. The zero-order valence-electron chi connectivity index (χ0n) is 14.6. The molecule has 0 aliphatic heterocycles. The summed E-state index contributed by atoms with van der Waals surface area (Å²) in [6.45, 7) is 2.26. The van der Waals surface area contributed by atoms with Crippen molar-refractivity contribution in [1.29, 1.82) is 0 Å². The van der Waals surface area contributed by atoms with E-state index in [0.717, 1.165) is 21.9 Å². The molecule has 2 aromatic carbocycles. The predicted octanol–water partition coefficient (Wildman–Crippen LogP) is 2.72. The molecule has 0 unspecified atom stereocenters. The summed E-state index contributed by atoms with van der Waals surface area (Å²) in [7, 11) is -3.60. The zero-order chi connectivity index (χ0) is 19.2. The third kappa shape index (κ3) is 6.03. The third-order valence-electron chi connectivity index (χ3n) is 3.52. The number of ether oxygens (including phenoxy) is 1. The molecule has 0 heterocycles. The van der Waals surface area contributed by atoms with E-state index in [4.69, 9.17) is 4.74 Å². The van der Waals surface area contributed by atoms with Crippen molar-refractivity contribution in [3.8, 4) is 5.75 Å². The summed E-state index contributed by atoms with van der Waals surface area (Å²) in [5.41, 5.74) is 1.56. The fourth-order valence-corrected chi connectivity index (χ4v) is 3.70. The molecule has 0 atom stereocenters. The summed E-state index contributed by atoms with van der Waals surface area (Å²) >= 11 is 3.32. The third-order valence-corrected chi connectivity index (χ3v) is 5.32. The summed E-state index contributed by atoms with van der Waals surface area (Å²) in [4.78, 5) is 12.2. The minimum absolute atomic E-state index is 0.278. The van der Waals surface area contributed by atoms with Crippen LogP contribution in [0.2, 0.25) is 0 Å². The van der Waals surface area contributed by atoms with E-state index in [1.54, 1.807) is 24.3 Å². The Morgan fingerprint density at radius 2 is 1.81 bits per heavy atom. The molecule has 2 aromatic rings. The summed E-state index contributed by atoms with van der Waals surface area (Å²) < 4.78 is 31.3. The number of rotatable bonds is 8. The van der Waals surface area contributed by atoms with Crippen LogP contribution in [0.3, 0.4) is 0 Å². The van der Waals surface area contributed by atoms with Crippen LogP contribution in [0.1, 0.15) is 5.56 Å². The number of benzene rings is 2. The molecule has 1 N–H and O–H groups in total. The van der Waals surface area contributed by atoms with Crippen molar-refractivity contribution in [3.05, 3.63) is 58.6 Å². The topological polar surface area (TPSA) is 75.7 Å². The number of amides is 1. The number of aryl methyl sites for hydroxylation is 1. The molecule has 0 saturated heterocycles. The lowest BCUT2D eigenvalue weighted by Gasteiger charge is -2.23. The molecular weight excluding hydrogens is 420 g/mol. The molecule has 0 saturated carbocycles. The van der Waals surface area contributed by atoms with Gasteiger partial charge in [0.25, 0.3) is 0 Å². The van der Waals surface area contributed by atoms with Crippen LogP contribution in [0.4, 0.5) is 5.69 Å². The van der Waals surface area contributed by atoms with Crippen molar-refractivity contribution in [2.45, 2.75) is 6.92 Å². The molecule has 2 rings (SSSR count). The average molecular weight is 441 g/mol. The van der Waals surface area contributed by atoms with E-state index in [0.29, 0.717) is 16.8 Å². The van der Waals surface area contributed by atoms with Crippen molar-refractivity contribution < 1.29 is 17.9 Å². The minimum Gasteiger partial charge on any atom is -0.492 e. The number of nitrogens with zero attached hydrogens (tertiary/aromatic N) is 1. The highest BCUT2D eigenvalue weighted by molar-refractivity contribution is 9.10. The SMILES string of the molecule is Cc1ccc(OCCNC(=O)CN(c2ccccc2Br)S(C)(=O)=O)cc1. The molecule has 26 heavy (non-hydrogen) atoms. The second kappa shape index (κ2) is 9.05. The fourth-order valence-electron chi connectivity index (χ4n) is 2.22. The van der Waals surface area contributed by atoms with Gasteiger partial charge in [-0.1, -0.05) is 29.8 Å². The monoisotopic (exact) mass is 440 g/mol. The van der Waals surface area contributed by atoms with Crippen LogP contribution < -0.4 is 14.4 Å². The van der Waals surface area contributed by atoms with Gasteiger partial charge < -0.3 is 10.1 Å². The molecule has 0 radical (unpaired) electrons. The fraction of sp³-hybridized carbons (Fsp3) is 0.278. The number of carbonyl (C=O) groups is 1. The van der Waals surface area contributed by atoms with E-state index in [1.807, 2.05) is 31.2 Å². The van der Waals surface area contributed by atoms with Gasteiger partial charge in [-0.3, -0.25) is 9.10 Å². The Labute approximate surface area is 162 Å². The van der Waals surface area contributed by atoms with E-state index < -0.39 is 15.9 Å². The molecule has 0 spiro atoms. The second-order valence-corrected chi connectivity index (χ2v) is 8.49. The van der Waals surface area contributed by atoms with Gasteiger partial charge in [0.05, 0.1) is 18.5 Å². The molecule has 0 aromatic heterocycles. The quantitative estimate of drug-likeness (QED) is 0.640. The molecule has 1 amide bonds. The second-order valence-electron chi connectivity index (χ2n) is 5.73. The Morgan fingerprint density at radius 1 is 1.15 bits per heavy atom. The molecular formula is C18H21BrN2O4S. The maximum Gasteiger partial charge on any atom is 0.240 e. The van der Waals surface area contributed by atoms with E-state index in [1.165, 1.54) is 0 Å².